The summed E-state index contributed by atoms with van der Waals surface area (Å²) in [6, 6.07) is 19.9. The molecule has 0 spiro atoms. The standard InChI is InChI=1S/C19H15BrO2S/c1-22-15-7-9-18(20)17(11-15)19(21)12-23-16-8-6-13-4-2-3-5-14(13)10-16/h2-11H,12H2,1H3. The predicted molar refractivity (Wildman–Crippen MR) is 99.7 cm³/mol. The number of carbonyl (C=O) groups excluding carboxylic acids is 1. The molecule has 3 aromatic carbocycles. The average Bonchev–Trinajstić information content (AvgIpc) is 2.60. The highest BCUT2D eigenvalue weighted by Gasteiger charge is 2.12. The number of hydrogen-bond acceptors (Lipinski definition) is 3. The number of carbonyl (C=O) groups is 1. The van der Waals surface area contributed by atoms with E-state index in [0.29, 0.717) is 17.1 Å². The maximum Gasteiger partial charge on any atom is 0.174 e. The summed E-state index contributed by atoms with van der Waals surface area (Å²) in [6.07, 6.45) is 0. The Bertz CT molecular complexity index is 861. The third-order valence-corrected chi connectivity index (χ3v) is 5.25. The second kappa shape index (κ2) is 7.20. The topological polar surface area (TPSA) is 26.3 Å². The van der Waals surface area contributed by atoms with Gasteiger partial charge in [-0.15, -0.1) is 11.8 Å². The van der Waals surface area contributed by atoms with Crippen LogP contribution in [0.3, 0.4) is 0 Å². The van der Waals surface area contributed by atoms with Gasteiger partial charge in [0.05, 0.1) is 12.9 Å². The molecular weight excluding hydrogens is 372 g/mol. The van der Waals surface area contributed by atoms with Gasteiger partial charge in [0.1, 0.15) is 5.75 Å². The number of rotatable bonds is 5. The fraction of sp³-hybridized carbons (Fsp3) is 0.105. The van der Waals surface area contributed by atoms with Crippen molar-refractivity contribution in [2.24, 2.45) is 0 Å². The second-order valence-electron chi connectivity index (χ2n) is 5.07. The number of halogens is 1. The summed E-state index contributed by atoms with van der Waals surface area (Å²) in [5.74, 6) is 1.16. The molecule has 0 aliphatic rings. The zero-order valence-corrected chi connectivity index (χ0v) is 15.0. The van der Waals surface area contributed by atoms with E-state index in [2.05, 4.69) is 46.3 Å². The van der Waals surface area contributed by atoms with Gasteiger partial charge in [0.25, 0.3) is 0 Å². The van der Waals surface area contributed by atoms with E-state index in [1.165, 1.54) is 10.8 Å². The number of hydrogen-bond donors (Lipinski definition) is 0. The highest BCUT2D eigenvalue weighted by Crippen LogP contribution is 2.27. The molecule has 0 aliphatic heterocycles. The molecule has 0 amide bonds. The van der Waals surface area contributed by atoms with Crippen molar-refractivity contribution in [2.45, 2.75) is 4.90 Å². The van der Waals surface area contributed by atoms with Gasteiger partial charge in [0.15, 0.2) is 5.78 Å². The zero-order valence-electron chi connectivity index (χ0n) is 12.6. The maximum atomic E-state index is 12.5. The first-order valence-electron chi connectivity index (χ1n) is 7.16. The van der Waals surface area contributed by atoms with E-state index in [-0.39, 0.29) is 5.78 Å². The summed E-state index contributed by atoms with van der Waals surface area (Å²) in [6.45, 7) is 0. The molecule has 23 heavy (non-hydrogen) atoms. The summed E-state index contributed by atoms with van der Waals surface area (Å²) in [5, 5.41) is 2.39. The molecule has 3 aromatic rings. The van der Waals surface area contributed by atoms with Crippen molar-refractivity contribution in [3.8, 4) is 5.75 Å². The van der Waals surface area contributed by atoms with Gasteiger partial charge in [-0.05, 0) is 41.1 Å². The first kappa shape index (κ1) is 16.1. The first-order valence-corrected chi connectivity index (χ1v) is 8.93. The lowest BCUT2D eigenvalue weighted by atomic mass is 10.1. The Morgan fingerprint density at radius 2 is 1.83 bits per heavy atom. The van der Waals surface area contributed by atoms with Crippen LogP contribution < -0.4 is 4.74 Å². The van der Waals surface area contributed by atoms with E-state index < -0.39 is 0 Å². The lowest BCUT2D eigenvalue weighted by Crippen LogP contribution is -2.04. The van der Waals surface area contributed by atoms with Crippen LogP contribution in [0.2, 0.25) is 0 Å². The Hall–Kier alpha value is -1.78. The smallest absolute Gasteiger partial charge is 0.174 e. The number of ether oxygens (including phenoxy) is 1. The first-order chi connectivity index (χ1) is 11.2. The molecule has 0 unspecified atom stereocenters. The van der Waals surface area contributed by atoms with E-state index in [1.807, 2.05) is 24.3 Å². The average molecular weight is 387 g/mol. The van der Waals surface area contributed by atoms with Crippen LogP contribution in [-0.2, 0) is 0 Å². The van der Waals surface area contributed by atoms with Crippen LogP contribution in [-0.4, -0.2) is 18.6 Å². The van der Waals surface area contributed by atoms with Gasteiger partial charge in [-0.3, -0.25) is 4.79 Å². The molecule has 0 fully saturated rings. The van der Waals surface area contributed by atoms with E-state index in [0.717, 1.165) is 9.37 Å². The van der Waals surface area contributed by atoms with E-state index in [1.54, 1.807) is 24.9 Å². The zero-order chi connectivity index (χ0) is 16.2. The Morgan fingerprint density at radius 3 is 2.61 bits per heavy atom. The molecule has 0 N–H and O–H groups in total. The van der Waals surface area contributed by atoms with E-state index in [9.17, 15) is 4.79 Å². The molecule has 0 aliphatic carbocycles. The molecule has 0 atom stereocenters. The monoisotopic (exact) mass is 386 g/mol. The molecule has 0 radical (unpaired) electrons. The van der Waals surface area contributed by atoms with Gasteiger partial charge in [-0.2, -0.15) is 0 Å². The Kier molecular flexibility index (Phi) is 5.03. The quantitative estimate of drug-likeness (QED) is 0.422. The lowest BCUT2D eigenvalue weighted by Gasteiger charge is -2.07. The molecular formula is C19H15BrO2S. The number of methoxy groups -OCH3 is 1. The van der Waals surface area contributed by atoms with Crippen molar-refractivity contribution >= 4 is 44.2 Å². The summed E-state index contributed by atoms with van der Waals surface area (Å²) >= 11 is 4.98. The van der Waals surface area contributed by atoms with Gasteiger partial charge < -0.3 is 4.74 Å². The van der Waals surface area contributed by atoms with E-state index in [4.69, 9.17) is 4.74 Å². The highest BCUT2D eigenvalue weighted by molar-refractivity contribution is 9.10. The number of thioether (sulfide) groups is 1. The second-order valence-corrected chi connectivity index (χ2v) is 6.97. The SMILES string of the molecule is COc1ccc(Br)c(C(=O)CSc2ccc3ccccc3c2)c1. The number of fused-ring (bicyclic) bond motifs is 1. The van der Waals surface area contributed by atoms with Crippen molar-refractivity contribution < 1.29 is 9.53 Å². The summed E-state index contributed by atoms with van der Waals surface area (Å²) in [5.41, 5.74) is 0.651. The Balaban J connectivity index is 1.75. The van der Waals surface area contributed by atoms with Crippen LogP contribution in [0.1, 0.15) is 10.4 Å². The minimum Gasteiger partial charge on any atom is -0.497 e. The van der Waals surface area contributed by atoms with Crippen LogP contribution in [0.25, 0.3) is 10.8 Å². The van der Waals surface area contributed by atoms with Crippen LogP contribution >= 0.6 is 27.7 Å². The van der Waals surface area contributed by atoms with E-state index >= 15 is 0 Å². The fourth-order valence-corrected chi connectivity index (χ4v) is 3.62. The largest absolute Gasteiger partial charge is 0.497 e. The molecule has 3 rings (SSSR count). The van der Waals surface area contributed by atoms with Crippen LogP contribution in [0, 0.1) is 0 Å². The molecule has 0 aromatic heterocycles. The number of benzene rings is 3. The molecule has 0 heterocycles. The number of ketones is 1. The molecule has 0 saturated heterocycles. The molecule has 0 saturated carbocycles. The normalized spacial score (nSPS) is 10.7. The van der Waals surface area contributed by atoms with Crippen molar-refractivity contribution in [3.63, 3.8) is 0 Å². The van der Waals surface area contributed by atoms with Gasteiger partial charge in [-0.25, -0.2) is 0 Å². The van der Waals surface area contributed by atoms with Gasteiger partial charge >= 0.3 is 0 Å². The van der Waals surface area contributed by atoms with Crippen molar-refractivity contribution in [1.82, 2.24) is 0 Å². The molecule has 2 nitrogen and oxygen atoms in total. The molecule has 0 bridgehead atoms. The van der Waals surface area contributed by atoms with Crippen LogP contribution in [0.15, 0.2) is 70.0 Å². The third-order valence-electron chi connectivity index (χ3n) is 3.56. The van der Waals surface area contributed by atoms with Crippen molar-refractivity contribution in [2.75, 3.05) is 12.9 Å². The van der Waals surface area contributed by atoms with Crippen LogP contribution in [0.4, 0.5) is 0 Å². The molecule has 4 heteroatoms. The summed E-state index contributed by atoms with van der Waals surface area (Å²) < 4.78 is 5.99. The van der Waals surface area contributed by atoms with Crippen molar-refractivity contribution in [1.29, 1.82) is 0 Å². The molecule has 116 valence electrons. The maximum absolute atomic E-state index is 12.5. The van der Waals surface area contributed by atoms with Gasteiger partial charge in [0, 0.05) is 14.9 Å². The van der Waals surface area contributed by atoms with Gasteiger partial charge in [0.2, 0.25) is 0 Å². The Labute approximate surface area is 148 Å². The number of Topliss-reactive ketones (excluding diaryl/α,β-unsaturated/α-hetero) is 1. The fourth-order valence-electron chi connectivity index (χ4n) is 2.33. The summed E-state index contributed by atoms with van der Waals surface area (Å²) in [7, 11) is 1.60. The lowest BCUT2D eigenvalue weighted by molar-refractivity contribution is 0.102. The minimum atomic E-state index is 0.0777. The summed E-state index contributed by atoms with van der Waals surface area (Å²) in [4.78, 5) is 13.6. The van der Waals surface area contributed by atoms with Crippen LogP contribution in [0.5, 0.6) is 5.75 Å². The Morgan fingerprint density at radius 1 is 1.04 bits per heavy atom. The third kappa shape index (κ3) is 3.77. The van der Waals surface area contributed by atoms with Gasteiger partial charge in [-0.1, -0.05) is 46.3 Å². The minimum absolute atomic E-state index is 0.0777. The highest BCUT2D eigenvalue weighted by atomic mass is 79.9. The van der Waals surface area contributed by atoms with Crippen molar-refractivity contribution in [3.05, 3.63) is 70.7 Å². The predicted octanol–water partition coefficient (Wildman–Crippen LogP) is 5.59.